The summed E-state index contributed by atoms with van der Waals surface area (Å²) in [4.78, 5) is 12.3. The summed E-state index contributed by atoms with van der Waals surface area (Å²) in [5, 5.41) is 3.60. The molecule has 0 N–H and O–H groups in total. The van der Waals surface area contributed by atoms with E-state index in [4.69, 9.17) is 23.2 Å². The Hall–Kier alpha value is -2.51. The highest BCUT2D eigenvalue weighted by Gasteiger charge is 2.38. The Morgan fingerprint density at radius 3 is 2.41 bits per heavy atom. The number of alkyl halides is 2. The Morgan fingerprint density at radius 2 is 1.78 bits per heavy atom. The van der Waals surface area contributed by atoms with E-state index >= 15 is 0 Å². The van der Waals surface area contributed by atoms with E-state index in [1.54, 1.807) is 6.92 Å². The molecule has 3 rings (SSSR count). The molecular formula is C18H11Cl2F3N2O2. The predicted octanol–water partition coefficient (Wildman–Crippen LogP) is 5.12. The molecule has 0 radical (unpaired) electrons. The molecule has 4 nitrogen and oxygen atoms in total. The number of hydrogen-bond donors (Lipinski definition) is 0. The first-order valence-corrected chi connectivity index (χ1v) is 8.32. The Bertz CT molecular complexity index is 1050. The summed E-state index contributed by atoms with van der Waals surface area (Å²) in [5.74, 6) is -1.81. The van der Waals surface area contributed by atoms with Gasteiger partial charge in [0.05, 0.1) is 17.4 Å². The van der Waals surface area contributed by atoms with Crippen molar-refractivity contribution in [2.45, 2.75) is 13.0 Å². The monoisotopic (exact) mass is 414 g/mol. The van der Waals surface area contributed by atoms with E-state index in [-0.39, 0.29) is 0 Å². The lowest BCUT2D eigenvalue weighted by molar-refractivity contribution is -0.187. The second kappa shape index (κ2) is 7.25. The number of benzene rings is 2. The van der Waals surface area contributed by atoms with Gasteiger partial charge in [-0.25, -0.2) is 4.39 Å². The molecule has 9 heteroatoms. The van der Waals surface area contributed by atoms with Crippen LogP contribution in [0.4, 0.5) is 13.2 Å². The van der Waals surface area contributed by atoms with Crippen LogP contribution in [0.15, 0.2) is 53.5 Å². The molecule has 0 atom stereocenters. The minimum absolute atomic E-state index is 0.328. The molecular weight excluding hydrogens is 404 g/mol. The fourth-order valence-corrected chi connectivity index (χ4v) is 2.60. The Morgan fingerprint density at radius 1 is 1.11 bits per heavy atom. The van der Waals surface area contributed by atoms with Crippen molar-refractivity contribution in [3.8, 4) is 11.4 Å². The van der Waals surface area contributed by atoms with Gasteiger partial charge in [-0.15, -0.1) is 0 Å². The molecule has 0 saturated carbocycles. The molecule has 0 aliphatic rings. The third kappa shape index (κ3) is 3.94. The van der Waals surface area contributed by atoms with Gasteiger partial charge >= 0.3 is 6.11 Å². The van der Waals surface area contributed by atoms with E-state index in [9.17, 15) is 18.0 Å². The molecule has 0 unspecified atom stereocenters. The van der Waals surface area contributed by atoms with Crippen molar-refractivity contribution in [2.24, 2.45) is 0 Å². The van der Waals surface area contributed by atoms with E-state index < -0.39 is 33.8 Å². The van der Waals surface area contributed by atoms with Crippen LogP contribution >= 0.6 is 23.2 Å². The number of nitrogens with zero attached hydrogens (tertiary/aromatic N) is 2. The van der Waals surface area contributed by atoms with Crippen molar-refractivity contribution >= 4 is 23.2 Å². The van der Waals surface area contributed by atoms with Crippen molar-refractivity contribution < 1.29 is 17.9 Å². The second-order valence-corrected chi connectivity index (χ2v) is 6.43. The van der Waals surface area contributed by atoms with Crippen LogP contribution in [0.1, 0.15) is 11.1 Å². The van der Waals surface area contributed by atoms with Gasteiger partial charge in [-0.3, -0.25) is 4.79 Å². The molecule has 1 aromatic heterocycles. The van der Waals surface area contributed by atoms with Gasteiger partial charge in [-0.05, 0) is 48.9 Å². The first-order chi connectivity index (χ1) is 12.7. The Labute approximate surface area is 161 Å². The van der Waals surface area contributed by atoms with Crippen molar-refractivity contribution in [1.29, 1.82) is 0 Å². The SMILES string of the molecule is Cc1ccc(C(F)(F)Oc2cnn(-c3ccc(Cl)cc3)c(=O)c2Cl)c(F)c1. The zero-order valence-corrected chi connectivity index (χ0v) is 15.2. The molecule has 2 aromatic carbocycles. The fourth-order valence-electron chi connectivity index (χ4n) is 2.30. The highest BCUT2D eigenvalue weighted by atomic mass is 35.5. The predicted molar refractivity (Wildman–Crippen MR) is 95.5 cm³/mol. The van der Waals surface area contributed by atoms with Crippen LogP contribution in [-0.2, 0) is 6.11 Å². The summed E-state index contributed by atoms with van der Waals surface area (Å²) < 4.78 is 48.0. The van der Waals surface area contributed by atoms with Crippen LogP contribution in [-0.4, -0.2) is 9.78 Å². The average molecular weight is 415 g/mol. The topological polar surface area (TPSA) is 44.1 Å². The smallest absolute Gasteiger partial charge is 0.425 e. The number of ether oxygens (including phenoxy) is 1. The van der Waals surface area contributed by atoms with Gasteiger partial charge in [-0.2, -0.15) is 18.6 Å². The number of aromatic nitrogens is 2. The number of hydrogen-bond acceptors (Lipinski definition) is 3. The molecule has 27 heavy (non-hydrogen) atoms. The zero-order chi connectivity index (χ0) is 19.8. The largest absolute Gasteiger partial charge is 0.429 e. The van der Waals surface area contributed by atoms with E-state index in [1.807, 2.05) is 0 Å². The second-order valence-electron chi connectivity index (χ2n) is 5.62. The van der Waals surface area contributed by atoms with Gasteiger partial charge in [0.15, 0.2) is 10.8 Å². The van der Waals surface area contributed by atoms with Crippen LogP contribution in [0.25, 0.3) is 5.69 Å². The lowest BCUT2D eigenvalue weighted by Gasteiger charge is -2.19. The van der Waals surface area contributed by atoms with Gasteiger partial charge in [0.1, 0.15) is 5.82 Å². The maximum absolute atomic E-state index is 14.3. The molecule has 1 heterocycles. The Balaban J connectivity index is 1.97. The normalized spacial score (nSPS) is 11.5. The Kier molecular flexibility index (Phi) is 5.17. The van der Waals surface area contributed by atoms with Crippen molar-refractivity contribution in [3.05, 3.63) is 86.0 Å². The summed E-state index contributed by atoms with van der Waals surface area (Å²) in [6, 6.07) is 9.23. The zero-order valence-electron chi connectivity index (χ0n) is 13.7. The third-order valence-corrected chi connectivity index (χ3v) is 4.23. The molecule has 0 fully saturated rings. The lowest BCUT2D eigenvalue weighted by Crippen LogP contribution is -2.27. The number of halogens is 5. The van der Waals surface area contributed by atoms with Gasteiger partial charge in [0.25, 0.3) is 5.56 Å². The maximum atomic E-state index is 14.3. The van der Waals surface area contributed by atoms with Crippen LogP contribution < -0.4 is 10.3 Å². The van der Waals surface area contributed by atoms with Crippen LogP contribution in [0.3, 0.4) is 0 Å². The molecule has 0 aliphatic heterocycles. The number of rotatable bonds is 4. The molecule has 0 aliphatic carbocycles. The summed E-state index contributed by atoms with van der Waals surface area (Å²) in [5.41, 5.74) is -1.06. The first-order valence-electron chi connectivity index (χ1n) is 7.56. The van der Waals surface area contributed by atoms with E-state index in [0.29, 0.717) is 16.3 Å². The minimum Gasteiger partial charge on any atom is -0.425 e. The van der Waals surface area contributed by atoms with Crippen LogP contribution in [0.5, 0.6) is 5.75 Å². The van der Waals surface area contributed by atoms with E-state index in [2.05, 4.69) is 9.84 Å². The highest BCUT2D eigenvalue weighted by molar-refractivity contribution is 6.31. The average Bonchev–Trinajstić information content (AvgIpc) is 2.60. The molecule has 0 amide bonds. The lowest BCUT2D eigenvalue weighted by atomic mass is 10.1. The standard InChI is InChI=1S/C18H11Cl2F3N2O2/c1-10-2-7-13(14(21)8-10)18(22,23)27-15-9-24-25(17(26)16(15)20)12-5-3-11(19)4-6-12/h2-9H,1H3. The molecule has 0 bridgehead atoms. The first kappa shape index (κ1) is 19.3. The fraction of sp³-hybridized carbons (Fsp3) is 0.111. The van der Waals surface area contributed by atoms with Gasteiger partial charge in [-0.1, -0.05) is 29.3 Å². The van der Waals surface area contributed by atoms with Crippen molar-refractivity contribution in [2.75, 3.05) is 0 Å². The number of aryl methyl sites for hydroxylation is 1. The molecule has 0 saturated heterocycles. The maximum Gasteiger partial charge on any atom is 0.429 e. The van der Waals surface area contributed by atoms with Crippen molar-refractivity contribution in [3.63, 3.8) is 0 Å². The summed E-state index contributed by atoms with van der Waals surface area (Å²) >= 11 is 11.7. The quantitative estimate of drug-likeness (QED) is 0.595. The molecule has 140 valence electrons. The van der Waals surface area contributed by atoms with Crippen LogP contribution in [0.2, 0.25) is 10.0 Å². The van der Waals surface area contributed by atoms with E-state index in [0.717, 1.165) is 23.0 Å². The van der Waals surface area contributed by atoms with Gasteiger partial charge < -0.3 is 4.74 Å². The summed E-state index contributed by atoms with van der Waals surface area (Å²) in [6.45, 7) is 1.56. The summed E-state index contributed by atoms with van der Waals surface area (Å²) in [6.07, 6.45) is -3.19. The van der Waals surface area contributed by atoms with Crippen LogP contribution in [0, 0.1) is 12.7 Å². The molecule has 0 spiro atoms. The minimum atomic E-state index is -4.05. The highest BCUT2D eigenvalue weighted by Crippen LogP contribution is 2.35. The van der Waals surface area contributed by atoms with E-state index in [1.165, 1.54) is 30.3 Å². The summed E-state index contributed by atoms with van der Waals surface area (Å²) in [7, 11) is 0. The third-order valence-electron chi connectivity index (χ3n) is 3.63. The molecule has 3 aromatic rings. The van der Waals surface area contributed by atoms with Gasteiger partial charge in [0, 0.05) is 5.02 Å². The van der Waals surface area contributed by atoms with Gasteiger partial charge in [0.2, 0.25) is 0 Å². The van der Waals surface area contributed by atoms with Crippen molar-refractivity contribution in [1.82, 2.24) is 9.78 Å².